The molecule has 1 aliphatic rings. The molecule has 1 aromatic rings. The molecule has 0 aliphatic carbocycles. The van der Waals surface area contributed by atoms with Gasteiger partial charge in [-0.25, -0.2) is 0 Å². The summed E-state index contributed by atoms with van der Waals surface area (Å²) in [6.45, 7) is 3.29. The maximum atomic E-state index is 10.5. The first kappa shape index (κ1) is 12.6. The second kappa shape index (κ2) is 5.21. The summed E-state index contributed by atoms with van der Waals surface area (Å²) in [4.78, 5) is 4.32. The first-order chi connectivity index (χ1) is 8.07. The highest BCUT2D eigenvalue weighted by molar-refractivity contribution is 4.98. The van der Waals surface area contributed by atoms with Crippen LogP contribution in [0.25, 0.3) is 0 Å². The Morgan fingerprint density at radius 1 is 1.59 bits per heavy atom. The SMILES string of the molecule is CN1CCCC(O)(CN(C)Cc2ccco2)C1. The number of likely N-dealkylation sites (tertiary alicyclic amines) is 1. The molecule has 0 saturated carbocycles. The van der Waals surface area contributed by atoms with E-state index in [0.717, 1.165) is 38.2 Å². The minimum absolute atomic E-state index is 0.575. The van der Waals surface area contributed by atoms with Crippen molar-refractivity contribution in [3.63, 3.8) is 0 Å². The van der Waals surface area contributed by atoms with E-state index in [1.54, 1.807) is 6.26 Å². The molecule has 0 aromatic carbocycles. The molecule has 4 nitrogen and oxygen atoms in total. The van der Waals surface area contributed by atoms with Gasteiger partial charge < -0.3 is 14.4 Å². The Labute approximate surface area is 103 Å². The highest BCUT2D eigenvalue weighted by atomic mass is 16.3. The van der Waals surface area contributed by atoms with E-state index in [-0.39, 0.29) is 0 Å². The van der Waals surface area contributed by atoms with E-state index >= 15 is 0 Å². The highest BCUT2D eigenvalue weighted by Gasteiger charge is 2.32. The number of furan rings is 1. The van der Waals surface area contributed by atoms with Crippen molar-refractivity contribution in [2.24, 2.45) is 0 Å². The third-order valence-corrected chi connectivity index (χ3v) is 3.32. The molecule has 1 N–H and O–H groups in total. The van der Waals surface area contributed by atoms with Crippen molar-refractivity contribution in [3.8, 4) is 0 Å². The van der Waals surface area contributed by atoms with Crippen molar-refractivity contribution in [3.05, 3.63) is 24.2 Å². The van der Waals surface area contributed by atoms with Gasteiger partial charge in [0.1, 0.15) is 5.76 Å². The number of piperidine rings is 1. The normalized spacial score (nSPS) is 26.6. The summed E-state index contributed by atoms with van der Waals surface area (Å²) >= 11 is 0. The van der Waals surface area contributed by atoms with Crippen LogP contribution in [0.4, 0.5) is 0 Å². The van der Waals surface area contributed by atoms with E-state index in [0.29, 0.717) is 6.54 Å². The number of β-amino-alcohol motifs (C(OH)–C–C–N with tert-alkyl or cyclic N) is 1. The zero-order chi connectivity index (χ0) is 12.3. The molecular weight excluding hydrogens is 216 g/mol. The number of rotatable bonds is 4. The fraction of sp³-hybridized carbons (Fsp3) is 0.692. The molecule has 0 radical (unpaired) electrons. The number of hydrogen-bond acceptors (Lipinski definition) is 4. The Balaban J connectivity index is 1.86. The molecule has 1 aromatic heterocycles. The third kappa shape index (κ3) is 3.56. The summed E-state index contributed by atoms with van der Waals surface area (Å²) < 4.78 is 5.31. The van der Waals surface area contributed by atoms with Crippen molar-refractivity contribution >= 4 is 0 Å². The van der Waals surface area contributed by atoms with Gasteiger partial charge in [0.05, 0.1) is 18.4 Å². The van der Waals surface area contributed by atoms with Gasteiger partial charge in [0.2, 0.25) is 0 Å². The predicted molar refractivity (Wildman–Crippen MR) is 66.7 cm³/mol. The Morgan fingerprint density at radius 3 is 3.06 bits per heavy atom. The summed E-state index contributed by atoms with van der Waals surface area (Å²) in [5.41, 5.74) is -0.575. The first-order valence-corrected chi connectivity index (χ1v) is 6.19. The molecule has 1 saturated heterocycles. The molecule has 1 aliphatic heterocycles. The van der Waals surface area contributed by atoms with E-state index in [4.69, 9.17) is 4.42 Å². The molecule has 0 bridgehead atoms. The number of nitrogens with zero attached hydrogens (tertiary/aromatic N) is 2. The molecule has 96 valence electrons. The summed E-state index contributed by atoms with van der Waals surface area (Å²) in [5.74, 6) is 0.945. The van der Waals surface area contributed by atoms with Crippen molar-refractivity contribution in [2.45, 2.75) is 25.0 Å². The molecule has 0 amide bonds. The zero-order valence-corrected chi connectivity index (χ0v) is 10.7. The fourth-order valence-electron chi connectivity index (χ4n) is 2.69. The second-order valence-corrected chi connectivity index (χ2v) is 5.32. The standard InChI is InChI=1S/C13H22N2O2/c1-14-7-4-6-13(16,10-14)11-15(2)9-12-5-3-8-17-12/h3,5,8,16H,4,6-7,9-11H2,1-2H3. The van der Waals surface area contributed by atoms with Gasteiger partial charge in [0.15, 0.2) is 0 Å². The van der Waals surface area contributed by atoms with Crippen LogP contribution >= 0.6 is 0 Å². The van der Waals surface area contributed by atoms with Gasteiger partial charge in [-0.2, -0.15) is 0 Å². The van der Waals surface area contributed by atoms with Crippen LogP contribution in [0.3, 0.4) is 0 Å². The Morgan fingerprint density at radius 2 is 2.41 bits per heavy atom. The lowest BCUT2D eigenvalue weighted by Gasteiger charge is -2.39. The minimum atomic E-state index is -0.575. The van der Waals surface area contributed by atoms with Crippen LogP contribution in [0, 0.1) is 0 Å². The topological polar surface area (TPSA) is 39.9 Å². The van der Waals surface area contributed by atoms with E-state index in [2.05, 4.69) is 16.8 Å². The van der Waals surface area contributed by atoms with Gasteiger partial charge in [0, 0.05) is 13.1 Å². The van der Waals surface area contributed by atoms with Gasteiger partial charge in [-0.15, -0.1) is 0 Å². The number of likely N-dealkylation sites (N-methyl/N-ethyl adjacent to an activating group) is 2. The van der Waals surface area contributed by atoms with Crippen molar-refractivity contribution in [2.75, 3.05) is 33.7 Å². The van der Waals surface area contributed by atoms with Gasteiger partial charge in [-0.3, -0.25) is 4.90 Å². The minimum Gasteiger partial charge on any atom is -0.468 e. The summed E-state index contributed by atoms with van der Waals surface area (Å²) in [5, 5.41) is 10.5. The fourth-order valence-corrected chi connectivity index (χ4v) is 2.69. The van der Waals surface area contributed by atoms with Crippen LogP contribution in [-0.4, -0.2) is 54.2 Å². The Hall–Kier alpha value is -0.840. The summed E-state index contributed by atoms with van der Waals surface area (Å²) in [6, 6.07) is 3.86. The first-order valence-electron chi connectivity index (χ1n) is 6.19. The molecule has 0 spiro atoms. The lowest BCUT2D eigenvalue weighted by molar-refractivity contribution is -0.0448. The van der Waals surface area contributed by atoms with Gasteiger partial charge in [-0.1, -0.05) is 0 Å². The van der Waals surface area contributed by atoms with Crippen LogP contribution in [0.1, 0.15) is 18.6 Å². The molecule has 4 heteroatoms. The molecule has 17 heavy (non-hydrogen) atoms. The van der Waals surface area contributed by atoms with Crippen LogP contribution < -0.4 is 0 Å². The van der Waals surface area contributed by atoms with Gasteiger partial charge in [0.25, 0.3) is 0 Å². The van der Waals surface area contributed by atoms with E-state index < -0.39 is 5.60 Å². The van der Waals surface area contributed by atoms with Crippen molar-refractivity contribution in [1.82, 2.24) is 9.80 Å². The summed E-state index contributed by atoms with van der Waals surface area (Å²) in [7, 11) is 4.09. The average Bonchev–Trinajstić information content (AvgIpc) is 2.68. The predicted octanol–water partition coefficient (Wildman–Crippen LogP) is 1.17. The van der Waals surface area contributed by atoms with Gasteiger partial charge in [-0.05, 0) is 45.6 Å². The quantitative estimate of drug-likeness (QED) is 0.854. The van der Waals surface area contributed by atoms with E-state index in [9.17, 15) is 5.11 Å². The lowest BCUT2D eigenvalue weighted by Crippen LogP contribution is -2.52. The number of hydrogen-bond donors (Lipinski definition) is 1. The molecule has 1 fully saturated rings. The lowest BCUT2D eigenvalue weighted by atomic mass is 9.92. The Kier molecular flexibility index (Phi) is 3.86. The maximum Gasteiger partial charge on any atom is 0.117 e. The summed E-state index contributed by atoms with van der Waals surface area (Å²) in [6.07, 6.45) is 3.65. The zero-order valence-electron chi connectivity index (χ0n) is 10.7. The van der Waals surface area contributed by atoms with Crippen LogP contribution in [0.5, 0.6) is 0 Å². The average molecular weight is 238 g/mol. The highest BCUT2D eigenvalue weighted by Crippen LogP contribution is 2.21. The molecule has 2 heterocycles. The molecule has 2 rings (SSSR count). The maximum absolute atomic E-state index is 10.5. The van der Waals surface area contributed by atoms with Crippen molar-refractivity contribution in [1.29, 1.82) is 0 Å². The van der Waals surface area contributed by atoms with Crippen LogP contribution in [-0.2, 0) is 6.54 Å². The molecular formula is C13H22N2O2. The van der Waals surface area contributed by atoms with Gasteiger partial charge >= 0.3 is 0 Å². The molecule has 1 unspecified atom stereocenters. The van der Waals surface area contributed by atoms with Crippen molar-refractivity contribution < 1.29 is 9.52 Å². The largest absolute Gasteiger partial charge is 0.468 e. The number of aliphatic hydroxyl groups is 1. The Bertz CT molecular complexity index is 339. The van der Waals surface area contributed by atoms with Crippen LogP contribution in [0.2, 0.25) is 0 Å². The third-order valence-electron chi connectivity index (χ3n) is 3.32. The second-order valence-electron chi connectivity index (χ2n) is 5.32. The molecule has 1 atom stereocenters. The van der Waals surface area contributed by atoms with Crippen LogP contribution in [0.15, 0.2) is 22.8 Å². The monoisotopic (exact) mass is 238 g/mol. The smallest absolute Gasteiger partial charge is 0.117 e. The van der Waals surface area contributed by atoms with E-state index in [1.807, 2.05) is 19.2 Å². The van der Waals surface area contributed by atoms with E-state index in [1.165, 1.54) is 0 Å².